The highest BCUT2D eigenvalue weighted by atomic mass is 16.5. The van der Waals surface area contributed by atoms with Crippen molar-refractivity contribution in [2.45, 2.75) is 25.5 Å². The van der Waals surface area contributed by atoms with Crippen molar-refractivity contribution >= 4 is 11.6 Å². The van der Waals surface area contributed by atoms with Crippen LogP contribution in [0.2, 0.25) is 0 Å². The molecule has 4 heteroatoms. The van der Waals surface area contributed by atoms with Gasteiger partial charge >= 0.3 is 0 Å². The third-order valence-corrected chi connectivity index (χ3v) is 4.20. The lowest BCUT2D eigenvalue weighted by Crippen LogP contribution is -2.22. The average Bonchev–Trinajstić information content (AvgIpc) is 2.56. The van der Waals surface area contributed by atoms with Gasteiger partial charge in [-0.1, -0.05) is 36.4 Å². The fraction of sp³-hybridized carbons (Fsp3) is 0.350. The predicted molar refractivity (Wildman–Crippen MR) is 95.9 cm³/mol. The van der Waals surface area contributed by atoms with Crippen molar-refractivity contribution in [3.63, 3.8) is 0 Å². The Morgan fingerprint density at radius 2 is 1.92 bits per heavy atom. The maximum absolute atomic E-state index is 12.4. The van der Waals surface area contributed by atoms with E-state index < -0.39 is 0 Å². The van der Waals surface area contributed by atoms with Crippen molar-refractivity contribution in [2.24, 2.45) is 0 Å². The first-order chi connectivity index (χ1) is 11.6. The summed E-state index contributed by atoms with van der Waals surface area (Å²) in [5, 5.41) is 2.97. The molecule has 126 valence electrons. The van der Waals surface area contributed by atoms with Crippen molar-refractivity contribution in [3.05, 3.63) is 65.2 Å². The second kappa shape index (κ2) is 7.60. The number of rotatable bonds is 5. The number of ether oxygens (including phenoxy) is 1. The van der Waals surface area contributed by atoms with Crippen LogP contribution in [0.15, 0.2) is 48.5 Å². The van der Waals surface area contributed by atoms with E-state index in [1.807, 2.05) is 50.5 Å². The summed E-state index contributed by atoms with van der Waals surface area (Å²) in [6.45, 7) is 1.56. The zero-order valence-electron chi connectivity index (χ0n) is 14.3. The predicted octanol–water partition coefficient (Wildman–Crippen LogP) is 3.39. The summed E-state index contributed by atoms with van der Waals surface area (Å²) in [5.41, 5.74) is 4.48. The molecule has 3 rings (SSSR count). The van der Waals surface area contributed by atoms with Crippen LogP contribution in [-0.4, -0.2) is 31.5 Å². The molecular weight excluding hydrogens is 300 g/mol. The zero-order valence-corrected chi connectivity index (χ0v) is 14.3. The first kappa shape index (κ1) is 16.7. The molecule has 1 aliphatic heterocycles. The molecular formula is C20H24N2O2. The molecule has 2 aromatic carbocycles. The van der Waals surface area contributed by atoms with E-state index in [1.165, 1.54) is 11.1 Å². The lowest BCUT2D eigenvalue weighted by molar-refractivity contribution is -0.119. The number of hydrogen-bond donors (Lipinski definition) is 1. The van der Waals surface area contributed by atoms with E-state index in [-0.39, 0.29) is 12.0 Å². The minimum absolute atomic E-state index is 0.0166. The van der Waals surface area contributed by atoms with Gasteiger partial charge in [0, 0.05) is 12.2 Å². The van der Waals surface area contributed by atoms with Gasteiger partial charge in [0.05, 0.1) is 19.1 Å². The highest BCUT2D eigenvalue weighted by Crippen LogP contribution is 2.29. The maximum atomic E-state index is 12.4. The molecule has 1 heterocycles. The highest BCUT2D eigenvalue weighted by Gasteiger charge is 2.23. The van der Waals surface area contributed by atoms with Crippen LogP contribution < -0.4 is 5.32 Å². The number of anilines is 1. The van der Waals surface area contributed by atoms with Crippen molar-refractivity contribution in [2.75, 3.05) is 26.0 Å². The van der Waals surface area contributed by atoms with E-state index in [4.69, 9.17) is 4.74 Å². The number of benzene rings is 2. The van der Waals surface area contributed by atoms with Gasteiger partial charge in [-0.25, -0.2) is 0 Å². The van der Waals surface area contributed by atoms with Crippen LogP contribution in [0.25, 0.3) is 0 Å². The number of hydrogen-bond acceptors (Lipinski definition) is 3. The summed E-state index contributed by atoms with van der Waals surface area (Å²) in [7, 11) is 4.08. The van der Waals surface area contributed by atoms with Crippen molar-refractivity contribution in [1.82, 2.24) is 4.90 Å². The van der Waals surface area contributed by atoms with E-state index in [9.17, 15) is 4.79 Å². The van der Waals surface area contributed by atoms with Gasteiger partial charge in [0.1, 0.15) is 0 Å². The van der Waals surface area contributed by atoms with Gasteiger partial charge in [0.2, 0.25) is 5.91 Å². The van der Waals surface area contributed by atoms with Crippen LogP contribution in [0, 0.1) is 0 Å². The summed E-state index contributed by atoms with van der Waals surface area (Å²) >= 11 is 0. The molecule has 1 amide bonds. The van der Waals surface area contributed by atoms with Crippen molar-refractivity contribution in [3.8, 4) is 0 Å². The lowest BCUT2D eigenvalue weighted by Gasteiger charge is -2.25. The number of fused-ring (bicyclic) bond motifs is 1. The Balaban J connectivity index is 1.60. The molecule has 1 N–H and O–H groups in total. The average molecular weight is 324 g/mol. The van der Waals surface area contributed by atoms with E-state index in [0.29, 0.717) is 13.0 Å². The van der Waals surface area contributed by atoms with E-state index >= 15 is 0 Å². The third kappa shape index (κ3) is 4.22. The smallest absolute Gasteiger partial charge is 0.227 e. The number of carbonyl (C=O) groups excluding carboxylic acids is 1. The van der Waals surface area contributed by atoms with E-state index in [0.717, 1.165) is 24.2 Å². The molecule has 2 aromatic rings. The first-order valence-corrected chi connectivity index (χ1v) is 8.35. The fourth-order valence-electron chi connectivity index (χ4n) is 3.08. The molecule has 1 aliphatic rings. The molecule has 0 saturated carbocycles. The quantitative estimate of drug-likeness (QED) is 0.916. The number of carbonyl (C=O) groups is 1. The highest BCUT2D eigenvalue weighted by molar-refractivity contribution is 5.91. The Morgan fingerprint density at radius 1 is 1.17 bits per heavy atom. The van der Waals surface area contributed by atoms with Gasteiger partial charge < -0.3 is 15.0 Å². The SMILES string of the molecule is CN(C)Cc1ccc(NC(=O)C[C@H]2OCCc3ccccc32)cc1. The second-order valence-electron chi connectivity index (χ2n) is 6.50. The molecule has 4 nitrogen and oxygen atoms in total. The molecule has 0 saturated heterocycles. The Kier molecular flexibility index (Phi) is 5.28. The Hall–Kier alpha value is -2.17. The second-order valence-corrected chi connectivity index (χ2v) is 6.50. The van der Waals surface area contributed by atoms with Crippen molar-refractivity contribution in [1.29, 1.82) is 0 Å². The lowest BCUT2D eigenvalue weighted by atomic mass is 9.95. The zero-order chi connectivity index (χ0) is 16.9. The summed E-state index contributed by atoms with van der Waals surface area (Å²) in [4.78, 5) is 14.5. The van der Waals surface area contributed by atoms with Crippen LogP contribution >= 0.6 is 0 Å². The van der Waals surface area contributed by atoms with Crippen LogP contribution in [0.4, 0.5) is 5.69 Å². The monoisotopic (exact) mass is 324 g/mol. The van der Waals surface area contributed by atoms with Gasteiger partial charge in [0.25, 0.3) is 0 Å². The van der Waals surface area contributed by atoms with Crippen LogP contribution in [0.3, 0.4) is 0 Å². The van der Waals surface area contributed by atoms with E-state index in [2.05, 4.69) is 22.3 Å². The van der Waals surface area contributed by atoms with Gasteiger partial charge in [-0.15, -0.1) is 0 Å². The van der Waals surface area contributed by atoms with Crippen LogP contribution in [-0.2, 0) is 22.5 Å². The fourth-order valence-corrected chi connectivity index (χ4v) is 3.08. The molecule has 0 fully saturated rings. The Bertz CT molecular complexity index is 695. The molecule has 24 heavy (non-hydrogen) atoms. The molecule has 0 unspecified atom stereocenters. The first-order valence-electron chi connectivity index (χ1n) is 8.35. The molecule has 0 bridgehead atoms. The number of nitrogens with zero attached hydrogens (tertiary/aromatic N) is 1. The largest absolute Gasteiger partial charge is 0.373 e. The van der Waals surface area contributed by atoms with E-state index in [1.54, 1.807) is 0 Å². The summed E-state index contributed by atoms with van der Waals surface area (Å²) in [6, 6.07) is 16.2. The molecule has 0 aromatic heterocycles. The number of amides is 1. The topological polar surface area (TPSA) is 41.6 Å². The van der Waals surface area contributed by atoms with Gasteiger partial charge in [-0.3, -0.25) is 4.79 Å². The van der Waals surface area contributed by atoms with Crippen LogP contribution in [0.1, 0.15) is 29.2 Å². The van der Waals surface area contributed by atoms with Gasteiger partial charge in [-0.05, 0) is 49.3 Å². The molecule has 0 aliphatic carbocycles. The maximum Gasteiger partial charge on any atom is 0.227 e. The third-order valence-electron chi connectivity index (χ3n) is 4.20. The normalized spacial score (nSPS) is 16.7. The Morgan fingerprint density at radius 3 is 2.67 bits per heavy atom. The Labute approximate surface area is 143 Å². The molecule has 0 spiro atoms. The van der Waals surface area contributed by atoms with Gasteiger partial charge in [0.15, 0.2) is 0 Å². The summed E-state index contributed by atoms with van der Waals surface area (Å²) < 4.78 is 5.81. The van der Waals surface area contributed by atoms with Crippen molar-refractivity contribution < 1.29 is 9.53 Å². The van der Waals surface area contributed by atoms with Crippen LogP contribution in [0.5, 0.6) is 0 Å². The van der Waals surface area contributed by atoms with Gasteiger partial charge in [-0.2, -0.15) is 0 Å². The number of nitrogens with one attached hydrogen (secondary N) is 1. The molecule has 0 radical (unpaired) electrons. The molecule has 1 atom stereocenters. The minimum atomic E-state index is -0.150. The minimum Gasteiger partial charge on any atom is -0.373 e. The standard InChI is InChI=1S/C20H24N2O2/c1-22(2)14-15-7-9-17(10-8-15)21-20(23)13-19-18-6-4-3-5-16(18)11-12-24-19/h3-10,19H,11-14H2,1-2H3,(H,21,23)/t19-/m1/s1. The summed E-state index contributed by atoms with van der Waals surface area (Å²) in [6.07, 6.45) is 1.11. The summed E-state index contributed by atoms with van der Waals surface area (Å²) in [5.74, 6) is -0.0166.